The lowest BCUT2D eigenvalue weighted by Gasteiger charge is -2.29. The molecule has 0 saturated carbocycles. The van der Waals surface area contributed by atoms with Gasteiger partial charge in [0, 0.05) is 18.9 Å². The Morgan fingerprint density at radius 2 is 1.88 bits per heavy atom. The monoisotopic (exact) mass is 492 g/mol. The number of alkyl halides is 1. The second kappa shape index (κ2) is 13.1. The van der Waals surface area contributed by atoms with Crippen LogP contribution in [0.1, 0.15) is 56.6 Å². The lowest BCUT2D eigenvalue weighted by molar-refractivity contribution is -0.140. The van der Waals surface area contributed by atoms with Crippen molar-refractivity contribution >= 4 is 29.4 Å². The van der Waals surface area contributed by atoms with Crippen molar-refractivity contribution in [2.45, 2.75) is 76.5 Å². The van der Waals surface area contributed by atoms with Gasteiger partial charge in [-0.05, 0) is 43.2 Å². The minimum Gasteiger partial charge on any atom is -0.469 e. The molecule has 0 aromatic heterocycles. The highest BCUT2D eigenvalue weighted by Crippen LogP contribution is 2.45. The van der Waals surface area contributed by atoms with E-state index in [2.05, 4.69) is 23.6 Å². The zero-order valence-corrected chi connectivity index (χ0v) is 20.9. The summed E-state index contributed by atoms with van der Waals surface area (Å²) in [7, 11) is 1.39. The van der Waals surface area contributed by atoms with E-state index in [0.717, 1.165) is 43.2 Å². The van der Waals surface area contributed by atoms with Crippen LogP contribution in [0.3, 0.4) is 0 Å². The first-order valence-electron chi connectivity index (χ1n) is 12.4. The van der Waals surface area contributed by atoms with E-state index in [1.165, 1.54) is 7.11 Å². The number of unbranched alkanes of at least 4 members (excludes halogenated alkanes) is 2. The van der Waals surface area contributed by atoms with Gasteiger partial charge in [-0.2, -0.15) is 0 Å². The van der Waals surface area contributed by atoms with Crippen LogP contribution < -0.4 is 10.6 Å². The Kier molecular flexibility index (Phi) is 10.2. The molecule has 3 rings (SSSR count). The van der Waals surface area contributed by atoms with E-state index in [1.54, 1.807) is 0 Å². The Hall–Kier alpha value is -2.12. The number of esters is 1. The fourth-order valence-corrected chi connectivity index (χ4v) is 5.36. The second-order valence-electron chi connectivity index (χ2n) is 9.24. The van der Waals surface area contributed by atoms with E-state index in [1.807, 2.05) is 18.2 Å². The molecule has 0 unspecified atom stereocenters. The van der Waals surface area contributed by atoms with Crippen LogP contribution in [0.4, 0.5) is 0 Å². The Morgan fingerprint density at radius 3 is 2.59 bits per heavy atom. The predicted molar refractivity (Wildman–Crippen MR) is 131 cm³/mol. The fourth-order valence-electron chi connectivity index (χ4n) is 5.14. The zero-order chi connectivity index (χ0) is 24.5. The molecule has 0 radical (unpaired) electrons. The lowest BCUT2D eigenvalue weighted by Crippen LogP contribution is -2.52. The van der Waals surface area contributed by atoms with Crippen LogP contribution in [0.2, 0.25) is 0 Å². The summed E-state index contributed by atoms with van der Waals surface area (Å²) in [4.78, 5) is 37.5. The van der Waals surface area contributed by atoms with Gasteiger partial charge in [0.1, 0.15) is 6.04 Å². The first-order valence-corrected chi connectivity index (χ1v) is 12.9. The highest BCUT2D eigenvalue weighted by atomic mass is 35.5. The van der Waals surface area contributed by atoms with Gasteiger partial charge in [0.05, 0.1) is 31.1 Å². The third kappa shape index (κ3) is 6.72. The summed E-state index contributed by atoms with van der Waals surface area (Å²) < 4.78 is 10.9. The largest absolute Gasteiger partial charge is 0.469 e. The van der Waals surface area contributed by atoms with Crippen molar-refractivity contribution in [3.63, 3.8) is 0 Å². The van der Waals surface area contributed by atoms with Gasteiger partial charge >= 0.3 is 5.97 Å². The van der Waals surface area contributed by atoms with E-state index < -0.39 is 6.04 Å². The molecule has 2 amide bonds. The zero-order valence-electron chi connectivity index (χ0n) is 20.2. The number of carbonyl (C=O) groups excluding carboxylic acids is 3. The van der Waals surface area contributed by atoms with E-state index >= 15 is 0 Å². The molecule has 2 bridgehead atoms. The van der Waals surface area contributed by atoms with Gasteiger partial charge < -0.3 is 20.1 Å². The maximum atomic E-state index is 13.3. The standard InChI is InChI=1S/C26H37ClN2O5/c1-3-4-7-14-28-25(31)20(16-27)29-26(32)24-19(21-11-12-22(24)34-21)15-18-9-6-5-8-17(18)10-13-23(30)33-2/h5-6,8-9,19-22,24H,3-4,7,10-16H2,1-2H3,(H,28,31)(H,29,32)/t19-,20-,21-,22+,24-/m0/s1. The molecule has 1 aromatic carbocycles. The molecule has 188 valence electrons. The Labute approximate surface area is 207 Å². The van der Waals surface area contributed by atoms with Crippen molar-refractivity contribution in [2.24, 2.45) is 11.8 Å². The highest BCUT2D eigenvalue weighted by Gasteiger charge is 2.52. The quantitative estimate of drug-likeness (QED) is 0.250. The van der Waals surface area contributed by atoms with Crippen molar-refractivity contribution in [3.8, 4) is 0 Å². The molecule has 0 spiro atoms. The van der Waals surface area contributed by atoms with Gasteiger partial charge in [0.25, 0.3) is 0 Å². The van der Waals surface area contributed by atoms with Crippen LogP contribution in [0.15, 0.2) is 24.3 Å². The molecule has 2 aliphatic heterocycles. The third-order valence-corrected chi connectivity index (χ3v) is 7.30. The van der Waals surface area contributed by atoms with Crippen LogP contribution in [0.5, 0.6) is 0 Å². The molecule has 34 heavy (non-hydrogen) atoms. The molecule has 2 N–H and O–H groups in total. The van der Waals surface area contributed by atoms with Crippen LogP contribution in [0.25, 0.3) is 0 Å². The Morgan fingerprint density at radius 1 is 1.15 bits per heavy atom. The number of fused-ring (bicyclic) bond motifs is 2. The molecule has 0 aliphatic carbocycles. The van der Waals surface area contributed by atoms with E-state index in [9.17, 15) is 14.4 Å². The highest BCUT2D eigenvalue weighted by molar-refractivity contribution is 6.20. The van der Waals surface area contributed by atoms with Crippen molar-refractivity contribution in [1.29, 1.82) is 0 Å². The molecule has 2 aliphatic rings. The van der Waals surface area contributed by atoms with Gasteiger partial charge in [-0.15, -0.1) is 11.6 Å². The molecular formula is C26H37ClN2O5. The summed E-state index contributed by atoms with van der Waals surface area (Å²) in [5, 5.41) is 5.77. The van der Waals surface area contributed by atoms with Crippen molar-refractivity contribution in [2.75, 3.05) is 19.5 Å². The van der Waals surface area contributed by atoms with Gasteiger partial charge in [0.2, 0.25) is 11.8 Å². The van der Waals surface area contributed by atoms with Crippen molar-refractivity contribution in [3.05, 3.63) is 35.4 Å². The number of methoxy groups -OCH3 is 1. The average molecular weight is 493 g/mol. The second-order valence-corrected chi connectivity index (χ2v) is 9.55. The summed E-state index contributed by atoms with van der Waals surface area (Å²) >= 11 is 6.05. The summed E-state index contributed by atoms with van der Waals surface area (Å²) in [6.45, 7) is 2.69. The molecular weight excluding hydrogens is 456 g/mol. The number of hydrogen-bond donors (Lipinski definition) is 2. The molecule has 8 heteroatoms. The molecule has 2 heterocycles. The normalized spacial score (nSPS) is 24.0. The molecule has 2 fully saturated rings. The maximum absolute atomic E-state index is 13.3. The maximum Gasteiger partial charge on any atom is 0.305 e. The van der Waals surface area contributed by atoms with Crippen LogP contribution >= 0.6 is 11.6 Å². The number of nitrogens with one attached hydrogen (secondary N) is 2. The Bertz CT molecular complexity index is 848. The summed E-state index contributed by atoms with van der Waals surface area (Å²) in [5.41, 5.74) is 2.20. The average Bonchev–Trinajstić information content (AvgIpc) is 3.46. The van der Waals surface area contributed by atoms with E-state index in [-0.39, 0.29) is 47.7 Å². The number of benzene rings is 1. The number of rotatable bonds is 13. The number of halogens is 1. The SMILES string of the molecule is CCCCCNC(=O)[C@H](CCl)NC(=O)[C@H]1[C@@H](Cc2ccccc2CCC(=O)OC)[C@@H]2CC[C@H]1O2. The van der Waals surface area contributed by atoms with E-state index in [0.29, 0.717) is 25.8 Å². The Balaban J connectivity index is 1.66. The van der Waals surface area contributed by atoms with E-state index in [4.69, 9.17) is 21.1 Å². The first kappa shape index (κ1) is 26.5. The summed E-state index contributed by atoms with van der Waals surface area (Å²) in [5.74, 6) is -0.941. The smallest absolute Gasteiger partial charge is 0.305 e. The van der Waals surface area contributed by atoms with Crippen LogP contribution in [-0.4, -0.2) is 55.6 Å². The number of carbonyl (C=O) groups is 3. The first-order chi connectivity index (χ1) is 16.5. The van der Waals surface area contributed by atoms with Gasteiger partial charge in [0.15, 0.2) is 0 Å². The topological polar surface area (TPSA) is 93.7 Å². The third-order valence-electron chi connectivity index (χ3n) is 6.99. The molecule has 5 atom stereocenters. The minimum absolute atomic E-state index is 0.0154. The number of aryl methyl sites for hydroxylation is 1. The fraction of sp³-hybridized carbons (Fsp3) is 0.654. The minimum atomic E-state index is -0.761. The van der Waals surface area contributed by atoms with Crippen molar-refractivity contribution in [1.82, 2.24) is 10.6 Å². The van der Waals surface area contributed by atoms with Gasteiger partial charge in [-0.25, -0.2) is 0 Å². The summed E-state index contributed by atoms with van der Waals surface area (Å²) in [6.07, 6.45) is 6.27. The molecule has 1 aromatic rings. The summed E-state index contributed by atoms with van der Waals surface area (Å²) in [6, 6.07) is 7.25. The van der Waals surface area contributed by atoms with Crippen molar-refractivity contribution < 1.29 is 23.9 Å². The molecule has 2 saturated heterocycles. The predicted octanol–water partition coefficient (Wildman–Crippen LogP) is 3.16. The number of hydrogen-bond acceptors (Lipinski definition) is 5. The van der Waals surface area contributed by atoms with Gasteiger partial charge in [-0.3, -0.25) is 14.4 Å². The molecule has 7 nitrogen and oxygen atoms in total. The van der Waals surface area contributed by atoms with Crippen LogP contribution in [0, 0.1) is 11.8 Å². The van der Waals surface area contributed by atoms with Crippen LogP contribution in [-0.2, 0) is 36.7 Å². The lowest BCUT2D eigenvalue weighted by atomic mass is 9.75. The number of ether oxygens (including phenoxy) is 2. The van der Waals surface area contributed by atoms with Gasteiger partial charge in [-0.1, -0.05) is 44.0 Å². The number of amides is 2.